The molecule has 1 amide bonds. The Balaban J connectivity index is 1.38. The smallest absolute Gasteiger partial charge is 0.412 e. The number of nitrogens with zero attached hydrogens (tertiary/aromatic N) is 3. The van der Waals surface area contributed by atoms with E-state index in [4.69, 9.17) is 16.3 Å². The highest BCUT2D eigenvalue weighted by Crippen LogP contribution is 2.30. The molecule has 0 bridgehead atoms. The number of nitro benzene ring substituents is 1. The fourth-order valence-corrected chi connectivity index (χ4v) is 4.07. The largest absolute Gasteiger partial charge is 0.439 e. The summed E-state index contributed by atoms with van der Waals surface area (Å²) in [4.78, 5) is 28.8. The van der Waals surface area contributed by atoms with Gasteiger partial charge in [0, 0.05) is 45.0 Å². The number of imidazole rings is 1. The molecule has 0 aliphatic heterocycles. The summed E-state index contributed by atoms with van der Waals surface area (Å²) in [6.07, 6.45) is 3.99. The Morgan fingerprint density at radius 1 is 1.06 bits per heavy atom. The van der Waals surface area contributed by atoms with Gasteiger partial charge in [-0.3, -0.25) is 15.4 Å². The van der Waals surface area contributed by atoms with Crippen LogP contribution in [0.4, 0.5) is 16.2 Å². The molecule has 172 valence electrons. The Morgan fingerprint density at radius 3 is 2.29 bits per heavy atom. The van der Waals surface area contributed by atoms with Crippen LogP contribution in [0, 0.1) is 10.1 Å². The van der Waals surface area contributed by atoms with E-state index >= 15 is 0 Å². The van der Waals surface area contributed by atoms with Crippen molar-refractivity contribution < 1.29 is 14.5 Å². The van der Waals surface area contributed by atoms with E-state index in [0.29, 0.717) is 17.3 Å². The van der Waals surface area contributed by atoms with Gasteiger partial charge in [0.25, 0.3) is 5.69 Å². The number of aromatic nitrogens is 2. The standard InChI is InChI=1S/C24H19ClN4O4S/c25-18-3-1-17(2-4-18)23(15-28-14-13-26-16-28)33-24(30)27-19-5-9-21(10-6-19)34-22-11-7-20(8-12-22)29(31)32/h1-14,16,23H,15H2,(H,27,30)/t23-/m0/s1. The van der Waals surface area contributed by atoms with Crippen molar-refractivity contribution in [2.75, 3.05) is 5.32 Å². The Kier molecular flexibility index (Phi) is 7.46. The van der Waals surface area contributed by atoms with E-state index in [1.54, 1.807) is 55.1 Å². The number of hydrogen-bond acceptors (Lipinski definition) is 6. The molecule has 1 N–H and O–H groups in total. The zero-order chi connectivity index (χ0) is 23.9. The van der Waals surface area contributed by atoms with Crippen LogP contribution in [-0.4, -0.2) is 20.6 Å². The van der Waals surface area contributed by atoms with E-state index in [0.717, 1.165) is 15.4 Å². The molecule has 0 spiro atoms. The summed E-state index contributed by atoms with van der Waals surface area (Å²) < 4.78 is 7.54. The first kappa shape index (κ1) is 23.3. The van der Waals surface area contributed by atoms with Crippen LogP contribution < -0.4 is 5.32 Å². The fourth-order valence-electron chi connectivity index (χ4n) is 3.13. The van der Waals surface area contributed by atoms with Crippen LogP contribution in [0.3, 0.4) is 0 Å². The summed E-state index contributed by atoms with van der Waals surface area (Å²) in [5.74, 6) is 0. The van der Waals surface area contributed by atoms with Crippen molar-refractivity contribution in [2.45, 2.75) is 22.4 Å². The molecule has 0 fully saturated rings. The SMILES string of the molecule is O=C(Nc1ccc(Sc2ccc([N+](=O)[O-])cc2)cc1)O[C@@H](Cn1ccnc1)c1ccc(Cl)cc1. The van der Waals surface area contributed by atoms with Crippen molar-refractivity contribution in [1.29, 1.82) is 0 Å². The maximum Gasteiger partial charge on any atom is 0.412 e. The van der Waals surface area contributed by atoms with Crippen LogP contribution in [0.1, 0.15) is 11.7 Å². The number of ether oxygens (including phenoxy) is 1. The summed E-state index contributed by atoms with van der Waals surface area (Å²) in [6.45, 7) is 0.403. The summed E-state index contributed by atoms with van der Waals surface area (Å²) in [7, 11) is 0. The van der Waals surface area contributed by atoms with Gasteiger partial charge in [-0.2, -0.15) is 0 Å². The maximum absolute atomic E-state index is 12.6. The molecule has 1 atom stereocenters. The predicted molar refractivity (Wildman–Crippen MR) is 130 cm³/mol. The molecule has 10 heteroatoms. The number of halogens is 1. The van der Waals surface area contributed by atoms with Crippen molar-refractivity contribution in [1.82, 2.24) is 9.55 Å². The van der Waals surface area contributed by atoms with Gasteiger partial charge in [-0.05, 0) is 54.1 Å². The van der Waals surface area contributed by atoms with Gasteiger partial charge in [0.05, 0.1) is 17.8 Å². The molecule has 8 nitrogen and oxygen atoms in total. The molecule has 0 unspecified atom stereocenters. The number of nitrogens with one attached hydrogen (secondary N) is 1. The third-order valence-electron chi connectivity index (χ3n) is 4.81. The molecule has 0 saturated carbocycles. The number of benzene rings is 3. The van der Waals surface area contributed by atoms with Gasteiger partial charge >= 0.3 is 6.09 Å². The molecular weight excluding hydrogens is 476 g/mol. The molecule has 0 aliphatic carbocycles. The summed E-state index contributed by atoms with van der Waals surface area (Å²) in [5.41, 5.74) is 1.44. The van der Waals surface area contributed by atoms with Gasteiger partial charge in [-0.1, -0.05) is 35.5 Å². The highest BCUT2D eigenvalue weighted by molar-refractivity contribution is 7.99. The summed E-state index contributed by atoms with van der Waals surface area (Å²) in [5, 5.41) is 14.1. The van der Waals surface area contributed by atoms with Gasteiger partial charge in [0.2, 0.25) is 0 Å². The van der Waals surface area contributed by atoms with Crippen LogP contribution in [0.25, 0.3) is 0 Å². The second-order valence-electron chi connectivity index (χ2n) is 7.21. The molecule has 0 aliphatic rings. The Hall–Kier alpha value is -3.82. The second kappa shape index (κ2) is 10.9. The zero-order valence-electron chi connectivity index (χ0n) is 17.7. The minimum Gasteiger partial charge on any atom is -0.439 e. The number of amides is 1. The number of non-ortho nitro benzene ring substituents is 1. The highest BCUT2D eigenvalue weighted by Gasteiger charge is 2.18. The zero-order valence-corrected chi connectivity index (χ0v) is 19.3. The lowest BCUT2D eigenvalue weighted by Gasteiger charge is -2.19. The van der Waals surface area contributed by atoms with Gasteiger partial charge in [0.1, 0.15) is 6.10 Å². The summed E-state index contributed by atoms with van der Waals surface area (Å²) in [6, 6.07) is 20.7. The van der Waals surface area contributed by atoms with Crippen LogP contribution in [0.2, 0.25) is 5.02 Å². The third-order valence-corrected chi connectivity index (χ3v) is 6.08. The molecule has 3 aromatic carbocycles. The van der Waals surface area contributed by atoms with Crippen LogP contribution >= 0.6 is 23.4 Å². The lowest BCUT2D eigenvalue weighted by molar-refractivity contribution is -0.384. The molecule has 0 radical (unpaired) electrons. The van der Waals surface area contributed by atoms with E-state index in [1.165, 1.54) is 23.9 Å². The maximum atomic E-state index is 12.6. The third kappa shape index (κ3) is 6.37. The Labute approximate surface area is 204 Å². The minimum absolute atomic E-state index is 0.0485. The molecule has 1 aromatic heterocycles. The lowest BCUT2D eigenvalue weighted by atomic mass is 10.1. The highest BCUT2D eigenvalue weighted by atomic mass is 35.5. The Morgan fingerprint density at radius 2 is 1.71 bits per heavy atom. The van der Waals surface area contributed by atoms with Crippen molar-refractivity contribution >= 4 is 40.8 Å². The van der Waals surface area contributed by atoms with E-state index in [9.17, 15) is 14.9 Å². The summed E-state index contributed by atoms with van der Waals surface area (Å²) >= 11 is 7.45. The van der Waals surface area contributed by atoms with Gasteiger partial charge in [-0.25, -0.2) is 9.78 Å². The predicted octanol–water partition coefficient (Wildman–Crippen LogP) is 6.59. The van der Waals surface area contributed by atoms with E-state index in [1.807, 2.05) is 28.8 Å². The molecule has 0 saturated heterocycles. The van der Waals surface area contributed by atoms with Crippen molar-refractivity contribution in [2.24, 2.45) is 0 Å². The second-order valence-corrected chi connectivity index (χ2v) is 8.79. The normalized spacial score (nSPS) is 11.6. The van der Waals surface area contributed by atoms with Gasteiger partial charge in [0.15, 0.2) is 0 Å². The molecular formula is C24H19ClN4O4S. The van der Waals surface area contributed by atoms with Crippen LogP contribution in [0.15, 0.2) is 101 Å². The lowest BCUT2D eigenvalue weighted by Crippen LogP contribution is -2.20. The molecule has 4 aromatic rings. The van der Waals surface area contributed by atoms with Crippen LogP contribution in [0.5, 0.6) is 0 Å². The van der Waals surface area contributed by atoms with Crippen LogP contribution in [-0.2, 0) is 11.3 Å². The first-order valence-corrected chi connectivity index (χ1v) is 11.4. The Bertz CT molecular complexity index is 1250. The number of carbonyl (C=O) groups excluding carboxylic acids is 1. The average Bonchev–Trinajstić information content (AvgIpc) is 3.34. The van der Waals surface area contributed by atoms with Crippen molar-refractivity contribution in [3.63, 3.8) is 0 Å². The molecule has 34 heavy (non-hydrogen) atoms. The quantitative estimate of drug-likeness (QED) is 0.219. The van der Waals surface area contributed by atoms with E-state index in [2.05, 4.69) is 10.3 Å². The first-order valence-electron chi connectivity index (χ1n) is 10.2. The molecule has 1 heterocycles. The number of carbonyl (C=O) groups is 1. The first-order chi connectivity index (χ1) is 16.5. The number of rotatable bonds is 8. The minimum atomic E-state index is -0.587. The number of anilines is 1. The monoisotopic (exact) mass is 494 g/mol. The topological polar surface area (TPSA) is 99.3 Å². The van der Waals surface area contributed by atoms with Crippen molar-refractivity contribution in [3.8, 4) is 0 Å². The van der Waals surface area contributed by atoms with E-state index in [-0.39, 0.29) is 5.69 Å². The van der Waals surface area contributed by atoms with Gasteiger partial charge in [-0.15, -0.1) is 0 Å². The van der Waals surface area contributed by atoms with Crippen molar-refractivity contribution in [3.05, 3.63) is 112 Å². The number of hydrogen-bond donors (Lipinski definition) is 1. The molecule has 4 rings (SSSR count). The van der Waals surface area contributed by atoms with E-state index < -0.39 is 17.1 Å². The number of nitro groups is 1. The van der Waals surface area contributed by atoms with Gasteiger partial charge < -0.3 is 9.30 Å². The average molecular weight is 495 g/mol. The fraction of sp³-hybridized carbons (Fsp3) is 0.0833.